The number of hydrogen-bond donors (Lipinski definition) is 2. The topological polar surface area (TPSA) is 79.5 Å². The second-order valence-electron chi connectivity index (χ2n) is 5.50. The number of amides is 1. The van der Waals surface area contributed by atoms with E-state index in [1.54, 1.807) is 12.1 Å². The molecule has 2 N–H and O–H groups in total. The molecule has 3 rings (SSSR count). The van der Waals surface area contributed by atoms with Gasteiger partial charge in [-0.1, -0.05) is 23.2 Å². The minimum Gasteiger partial charge on any atom is -0.506 e. The Balaban J connectivity index is 1.85. The van der Waals surface area contributed by atoms with E-state index in [9.17, 15) is 14.7 Å². The molecular formula is C19H14ClNO4. The van der Waals surface area contributed by atoms with Crippen molar-refractivity contribution in [1.82, 2.24) is 0 Å². The van der Waals surface area contributed by atoms with Crippen LogP contribution in [-0.4, -0.2) is 11.0 Å². The Kier molecular flexibility index (Phi) is 4.59. The van der Waals surface area contributed by atoms with Crippen molar-refractivity contribution in [1.29, 1.82) is 0 Å². The summed E-state index contributed by atoms with van der Waals surface area (Å²) in [5.41, 5.74) is 1.64. The van der Waals surface area contributed by atoms with Gasteiger partial charge in [-0.15, -0.1) is 0 Å². The quantitative estimate of drug-likeness (QED) is 0.547. The molecule has 0 atom stereocenters. The zero-order valence-corrected chi connectivity index (χ0v) is 14.0. The first kappa shape index (κ1) is 16.8. The molecule has 25 heavy (non-hydrogen) atoms. The molecule has 5 nitrogen and oxygen atoms in total. The number of anilines is 1. The first-order valence-electron chi connectivity index (χ1n) is 7.44. The maximum Gasteiger partial charge on any atom is 0.248 e. The lowest BCUT2D eigenvalue weighted by Crippen LogP contribution is -2.09. The van der Waals surface area contributed by atoms with Crippen LogP contribution >= 0.6 is 11.6 Å². The standard InChI is InChI=1S/C19H14ClNO4/c1-11-2-6-17-14(8-11)19(24)12(10-25-17)3-7-18(23)21-15-9-13(20)4-5-16(15)22/h2-10,22H,1H3,(H,21,23)/b7-3+. The Morgan fingerprint density at radius 1 is 1.24 bits per heavy atom. The molecular weight excluding hydrogens is 342 g/mol. The number of rotatable bonds is 3. The molecule has 0 saturated heterocycles. The summed E-state index contributed by atoms with van der Waals surface area (Å²) in [4.78, 5) is 24.4. The smallest absolute Gasteiger partial charge is 0.248 e. The summed E-state index contributed by atoms with van der Waals surface area (Å²) in [7, 11) is 0. The molecule has 0 saturated carbocycles. The van der Waals surface area contributed by atoms with Gasteiger partial charge < -0.3 is 14.8 Å². The molecule has 0 bridgehead atoms. The average Bonchev–Trinajstić information content (AvgIpc) is 2.58. The lowest BCUT2D eigenvalue weighted by atomic mass is 10.1. The molecule has 0 aliphatic carbocycles. The first-order chi connectivity index (χ1) is 11.9. The van der Waals surface area contributed by atoms with Crippen molar-refractivity contribution in [3.05, 3.63) is 75.1 Å². The molecule has 1 aromatic heterocycles. The zero-order valence-electron chi connectivity index (χ0n) is 13.2. The molecule has 1 amide bonds. The first-order valence-corrected chi connectivity index (χ1v) is 7.81. The fourth-order valence-electron chi connectivity index (χ4n) is 2.32. The fourth-order valence-corrected chi connectivity index (χ4v) is 2.50. The number of nitrogens with one attached hydrogen (secondary N) is 1. The Morgan fingerprint density at radius 3 is 2.84 bits per heavy atom. The molecule has 0 aliphatic heterocycles. The van der Waals surface area contributed by atoms with Gasteiger partial charge in [-0.05, 0) is 43.3 Å². The van der Waals surface area contributed by atoms with E-state index in [4.69, 9.17) is 16.0 Å². The molecule has 0 aliphatic rings. The van der Waals surface area contributed by atoms with Gasteiger partial charge in [0.1, 0.15) is 17.6 Å². The van der Waals surface area contributed by atoms with Crippen LogP contribution in [0, 0.1) is 6.92 Å². The van der Waals surface area contributed by atoms with E-state index in [-0.39, 0.29) is 22.4 Å². The Morgan fingerprint density at radius 2 is 2.04 bits per heavy atom. The summed E-state index contributed by atoms with van der Waals surface area (Å²) in [6.07, 6.45) is 3.86. The van der Waals surface area contributed by atoms with Gasteiger partial charge in [-0.25, -0.2) is 0 Å². The van der Waals surface area contributed by atoms with Crippen LogP contribution in [0.3, 0.4) is 0 Å². The van der Waals surface area contributed by atoms with Crippen molar-refractivity contribution in [3.63, 3.8) is 0 Å². The van der Waals surface area contributed by atoms with Crippen molar-refractivity contribution in [2.75, 3.05) is 5.32 Å². The van der Waals surface area contributed by atoms with Gasteiger partial charge in [-0.2, -0.15) is 0 Å². The molecule has 3 aromatic rings. The molecule has 1 heterocycles. The predicted octanol–water partition coefficient (Wildman–Crippen LogP) is 4.11. The Bertz CT molecular complexity index is 1050. The number of carbonyl (C=O) groups is 1. The number of carbonyl (C=O) groups excluding carboxylic acids is 1. The van der Waals surface area contributed by atoms with Crippen molar-refractivity contribution in [2.45, 2.75) is 6.92 Å². The van der Waals surface area contributed by atoms with Crippen LogP contribution in [0.25, 0.3) is 17.0 Å². The van der Waals surface area contributed by atoms with Crippen molar-refractivity contribution < 1.29 is 14.3 Å². The number of hydrogen-bond acceptors (Lipinski definition) is 4. The summed E-state index contributed by atoms with van der Waals surface area (Å²) in [6, 6.07) is 9.63. The molecule has 126 valence electrons. The molecule has 0 radical (unpaired) electrons. The molecule has 6 heteroatoms. The number of aryl methyl sites for hydroxylation is 1. The minimum absolute atomic E-state index is 0.105. The second-order valence-corrected chi connectivity index (χ2v) is 5.94. The number of aromatic hydroxyl groups is 1. The Labute approximate surface area is 148 Å². The summed E-state index contributed by atoms with van der Waals surface area (Å²) >= 11 is 5.83. The summed E-state index contributed by atoms with van der Waals surface area (Å²) in [5, 5.41) is 13.0. The van der Waals surface area contributed by atoms with Gasteiger partial charge >= 0.3 is 0 Å². The van der Waals surface area contributed by atoms with Crippen LogP contribution in [0.2, 0.25) is 5.02 Å². The molecule has 0 spiro atoms. The predicted molar refractivity (Wildman–Crippen MR) is 98.0 cm³/mol. The van der Waals surface area contributed by atoms with Crippen LogP contribution in [0.5, 0.6) is 5.75 Å². The van der Waals surface area contributed by atoms with E-state index >= 15 is 0 Å². The van der Waals surface area contributed by atoms with Gasteiger partial charge in [0.05, 0.1) is 16.6 Å². The van der Waals surface area contributed by atoms with Gasteiger partial charge in [-0.3, -0.25) is 9.59 Å². The van der Waals surface area contributed by atoms with E-state index in [0.717, 1.165) is 5.56 Å². The number of phenolic OH excluding ortho intramolecular Hbond substituents is 1. The lowest BCUT2D eigenvalue weighted by Gasteiger charge is -2.05. The van der Waals surface area contributed by atoms with Crippen LogP contribution < -0.4 is 10.7 Å². The number of fused-ring (bicyclic) bond motifs is 1. The van der Waals surface area contributed by atoms with Crippen molar-refractivity contribution in [3.8, 4) is 5.75 Å². The summed E-state index contributed by atoms with van der Waals surface area (Å²) < 4.78 is 5.42. The van der Waals surface area contributed by atoms with Gasteiger partial charge in [0, 0.05) is 11.1 Å². The SMILES string of the molecule is Cc1ccc2occ(/C=C/C(=O)Nc3cc(Cl)ccc3O)c(=O)c2c1. The fraction of sp³-hybridized carbons (Fsp3) is 0.0526. The molecule has 0 fully saturated rings. The third-order valence-corrected chi connectivity index (χ3v) is 3.82. The Hall–Kier alpha value is -3.05. The van der Waals surface area contributed by atoms with Gasteiger partial charge in [0.2, 0.25) is 5.91 Å². The zero-order chi connectivity index (χ0) is 18.0. The maximum absolute atomic E-state index is 12.4. The van der Waals surface area contributed by atoms with Crippen LogP contribution in [-0.2, 0) is 4.79 Å². The van der Waals surface area contributed by atoms with Crippen molar-refractivity contribution in [2.24, 2.45) is 0 Å². The normalized spacial score (nSPS) is 11.1. The van der Waals surface area contributed by atoms with Gasteiger partial charge in [0.15, 0.2) is 5.43 Å². The summed E-state index contributed by atoms with van der Waals surface area (Å²) in [6.45, 7) is 1.88. The third-order valence-electron chi connectivity index (χ3n) is 3.59. The molecule has 2 aromatic carbocycles. The van der Waals surface area contributed by atoms with Crippen molar-refractivity contribution >= 4 is 40.2 Å². The number of halogens is 1. The van der Waals surface area contributed by atoms with Crippen LogP contribution in [0.4, 0.5) is 5.69 Å². The highest BCUT2D eigenvalue weighted by Crippen LogP contribution is 2.26. The average molecular weight is 356 g/mol. The minimum atomic E-state index is -0.513. The van der Waals surface area contributed by atoms with E-state index in [2.05, 4.69) is 5.32 Å². The second kappa shape index (κ2) is 6.83. The maximum atomic E-state index is 12.4. The summed E-state index contributed by atoms with van der Waals surface area (Å²) in [5.74, 6) is -0.617. The number of phenols is 1. The van der Waals surface area contributed by atoms with E-state index in [1.807, 2.05) is 13.0 Å². The highest BCUT2D eigenvalue weighted by atomic mass is 35.5. The highest BCUT2D eigenvalue weighted by molar-refractivity contribution is 6.31. The lowest BCUT2D eigenvalue weighted by molar-refractivity contribution is -0.111. The largest absolute Gasteiger partial charge is 0.506 e. The third kappa shape index (κ3) is 3.72. The van der Waals surface area contributed by atoms with Gasteiger partial charge in [0.25, 0.3) is 0 Å². The van der Waals surface area contributed by atoms with Crippen LogP contribution in [0.15, 0.2) is 57.9 Å². The van der Waals surface area contributed by atoms with E-state index in [0.29, 0.717) is 16.0 Å². The van der Waals surface area contributed by atoms with E-state index < -0.39 is 5.91 Å². The van der Waals surface area contributed by atoms with Crippen LogP contribution in [0.1, 0.15) is 11.1 Å². The number of benzene rings is 2. The van der Waals surface area contributed by atoms with E-state index in [1.165, 1.54) is 36.6 Å². The monoisotopic (exact) mass is 355 g/mol. The highest BCUT2D eigenvalue weighted by Gasteiger charge is 2.07. The molecule has 0 unspecified atom stereocenters.